The van der Waals surface area contributed by atoms with E-state index in [4.69, 9.17) is 4.74 Å². The molecular weight excluding hydrogens is 341 g/mol. The van der Waals surface area contributed by atoms with Gasteiger partial charge >= 0.3 is 5.51 Å². The molecule has 0 radical (unpaired) electrons. The predicted molar refractivity (Wildman–Crippen MR) is 73.8 cm³/mol. The summed E-state index contributed by atoms with van der Waals surface area (Å²) in [6.45, 7) is 0.823. The molecule has 23 heavy (non-hydrogen) atoms. The third-order valence-corrected chi connectivity index (χ3v) is 4.81. The molecule has 1 aromatic rings. The minimum Gasteiger partial charge on any atom is -0.377 e. The van der Waals surface area contributed by atoms with Gasteiger partial charge in [-0.15, -0.1) is 0 Å². The van der Waals surface area contributed by atoms with Crippen LogP contribution in [0.5, 0.6) is 0 Å². The summed E-state index contributed by atoms with van der Waals surface area (Å²) in [4.78, 5) is 8.90. The average Bonchev–Trinajstić information content (AvgIpc) is 2.96. The maximum absolute atomic E-state index is 12.5. The molecule has 0 spiro atoms. The second kappa shape index (κ2) is 6.32. The summed E-state index contributed by atoms with van der Waals surface area (Å²) in [6, 6.07) is 2.04. The number of nitrogens with one attached hydrogen (secondary N) is 1. The predicted octanol–water partition coefficient (Wildman–Crippen LogP) is 2.48. The quantitative estimate of drug-likeness (QED) is 0.644. The van der Waals surface area contributed by atoms with Gasteiger partial charge in [-0.05, 0) is 25.0 Å². The molecule has 128 valence electrons. The maximum atomic E-state index is 12.5. The molecule has 0 amide bonds. The van der Waals surface area contributed by atoms with Crippen molar-refractivity contribution in [1.82, 2.24) is 0 Å². The number of nitro groups is 1. The molecule has 0 aliphatic carbocycles. The van der Waals surface area contributed by atoms with Crippen LogP contribution in [-0.2, 0) is 14.6 Å². The minimum absolute atomic E-state index is 0.0633. The molecule has 1 aromatic carbocycles. The maximum Gasteiger partial charge on any atom is 0.501 e. The van der Waals surface area contributed by atoms with Gasteiger partial charge in [0.15, 0.2) is 0 Å². The van der Waals surface area contributed by atoms with Gasteiger partial charge in [0.2, 0.25) is 0 Å². The van der Waals surface area contributed by atoms with Crippen molar-refractivity contribution in [2.75, 3.05) is 18.5 Å². The summed E-state index contributed by atoms with van der Waals surface area (Å²) < 4.78 is 65.5. The fourth-order valence-electron chi connectivity index (χ4n) is 2.14. The zero-order valence-electron chi connectivity index (χ0n) is 11.7. The third kappa shape index (κ3) is 3.72. The van der Waals surface area contributed by atoms with Crippen LogP contribution in [0.4, 0.5) is 24.5 Å². The van der Waals surface area contributed by atoms with Crippen LogP contribution in [0.25, 0.3) is 0 Å². The second-order valence-electron chi connectivity index (χ2n) is 4.90. The van der Waals surface area contributed by atoms with Gasteiger partial charge in [-0.2, -0.15) is 13.2 Å². The van der Waals surface area contributed by atoms with Crippen molar-refractivity contribution < 1.29 is 31.2 Å². The van der Waals surface area contributed by atoms with E-state index in [0.717, 1.165) is 18.9 Å². The molecular formula is C12H13F3N2O5S. The highest BCUT2D eigenvalue weighted by atomic mass is 32.2. The fraction of sp³-hybridized carbons (Fsp3) is 0.500. The van der Waals surface area contributed by atoms with Crippen LogP contribution < -0.4 is 5.32 Å². The first kappa shape index (κ1) is 17.5. The van der Waals surface area contributed by atoms with Crippen molar-refractivity contribution in [1.29, 1.82) is 0 Å². The molecule has 0 bridgehead atoms. The summed E-state index contributed by atoms with van der Waals surface area (Å²) in [5, 5.41) is 13.7. The summed E-state index contributed by atoms with van der Waals surface area (Å²) in [5.41, 5.74) is -6.33. The van der Waals surface area contributed by atoms with E-state index in [-0.39, 0.29) is 18.3 Å². The number of benzene rings is 1. The van der Waals surface area contributed by atoms with Crippen molar-refractivity contribution in [3.8, 4) is 0 Å². The number of hydrogen-bond donors (Lipinski definition) is 1. The van der Waals surface area contributed by atoms with Crippen LogP contribution >= 0.6 is 0 Å². The Bertz CT molecular complexity index is 699. The van der Waals surface area contributed by atoms with Crippen LogP contribution in [0, 0.1) is 10.1 Å². The molecule has 0 unspecified atom stereocenters. The lowest BCUT2D eigenvalue weighted by atomic mass is 10.2. The van der Waals surface area contributed by atoms with E-state index in [1.54, 1.807) is 0 Å². The fourth-order valence-corrected chi connectivity index (χ4v) is 2.92. The smallest absolute Gasteiger partial charge is 0.377 e. The van der Waals surface area contributed by atoms with Crippen LogP contribution in [0.1, 0.15) is 12.8 Å². The summed E-state index contributed by atoms with van der Waals surface area (Å²) in [5.74, 6) is 0. The third-order valence-electron chi connectivity index (χ3n) is 3.33. The Hall–Kier alpha value is -1.88. The van der Waals surface area contributed by atoms with Gasteiger partial charge in [-0.25, -0.2) is 8.42 Å². The SMILES string of the molecule is O=[N+]([O-])c1cc(S(=O)(=O)C(F)(F)F)ccc1NC[C@H]1CCCO1. The van der Waals surface area contributed by atoms with E-state index in [1.807, 2.05) is 0 Å². The van der Waals surface area contributed by atoms with Crippen LogP contribution in [0.2, 0.25) is 0 Å². The van der Waals surface area contributed by atoms with Crippen molar-refractivity contribution in [3.05, 3.63) is 28.3 Å². The van der Waals surface area contributed by atoms with Gasteiger partial charge in [0.05, 0.1) is 15.9 Å². The monoisotopic (exact) mass is 354 g/mol. The Morgan fingerprint density at radius 3 is 2.61 bits per heavy atom. The van der Waals surface area contributed by atoms with E-state index in [9.17, 15) is 31.7 Å². The van der Waals surface area contributed by atoms with Crippen molar-refractivity contribution in [3.63, 3.8) is 0 Å². The number of alkyl halides is 3. The van der Waals surface area contributed by atoms with Crippen LogP contribution in [0.15, 0.2) is 23.1 Å². The number of hydrogen-bond acceptors (Lipinski definition) is 6. The van der Waals surface area contributed by atoms with Crippen LogP contribution in [0.3, 0.4) is 0 Å². The highest BCUT2D eigenvalue weighted by molar-refractivity contribution is 7.92. The number of sulfone groups is 1. The lowest BCUT2D eigenvalue weighted by Crippen LogP contribution is -2.23. The zero-order chi connectivity index (χ0) is 17.3. The lowest BCUT2D eigenvalue weighted by molar-refractivity contribution is -0.384. The van der Waals surface area contributed by atoms with Gasteiger partial charge in [0.1, 0.15) is 5.69 Å². The molecule has 1 saturated heterocycles. The van der Waals surface area contributed by atoms with Crippen LogP contribution in [-0.4, -0.2) is 38.1 Å². The highest BCUT2D eigenvalue weighted by Crippen LogP contribution is 2.34. The second-order valence-corrected chi connectivity index (χ2v) is 6.84. The summed E-state index contributed by atoms with van der Waals surface area (Å²) >= 11 is 0. The standard InChI is InChI=1S/C12H13F3N2O5S/c13-12(14,15)23(20,21)9-3-4-10(11(6-9)17(18)19)16-7-8-2-1-5-22-8/h3-4,6,8,16H,1-2,5,7H2/t8-/m1/s1. The largest absolute Gasteiger partial charge is 0.501 e. The number of rotatable bonds is 5. The number of ether oxygens (including phenoxy) is 1. The molecule has 1 atom stereocenters. The Morgan fingerprint density at radius 2 is 2.09 bits per heavy atom. The Kier molecular flexibility index (Phi) is 4.80. The molecule has 2 rings (SSSR count). The van der Waals surface area contributed by atoms with Gasteiger partial charge in [0, 0.05) is 19.2 Å². The molecule has 0 saturated carbocycles. The number of nitrogens with zero attached hydrogens (tertiary/aromatic N) is 1. The van der Waals surface area contributed by atoms with E-state index in [0.29, 0.717) is 18.7 Å². The average molecular weight is 354 g/mol. The molecule has 11 heteroatoms. The molecule has 0 aromatic heterocycles. The minimum atomic E-state index is -5.64. The zero-order valence-corrected chi connectivity index (χ0v) is 12.5. The summed E-state index contributed by atoms with van der Waals surface area (Å²) in [7, 11) is -5.64. The van der Waals surface area contributed by atoms with Gasteiger partial charge in [-0.1, -0.05) is 0 Å². The molecule has 1 heterocycles. The molecule has 7 nitrogen and oxygen atoms in total. The summed E-state index contributed by atoms with van der Waals surface area (Å²) in [6.07, 6.45) is 1.48. The normalized spacial score (nSPS) is 18.8. The lowest BCUT2D eigenvalue weighted by Gasteiger charge is -2.13. The topological polar surface area (TPSA) is 98.5 Å². The van der Waals surface area contributed by atoms with Crippen molar-refractivity contribution in [2.24, 2.45) is 0 Å². The van der Waals surface area contributed by atoms with Crippen molar-refractivity contribution in [2.45, 2.75) is 29.3 Å². The van der Waals surface area contributed by atoms with Gasteiger partial charge < -0.3 is 10.1 Å². The van der Waals surface area contributed by atoms with E-state index in [2.05, 4.69) is 5.32 Å². The highest BCUT2D eigenvalue weighted by Gasteiger charge is 2.47. The first-order valence-corrected chi connectivity index (χ1v) is 8.06. The molecule has 1 aliphatic heterocycles. The van der Waals surface area contributed by atoms with E-state index in [1.165, 1.54) is 0 Å². The Labute approximate surface area is 129 Å². The first-order chi connectivity index (χ1) is 10.6. The van der Waals surface area contributed by atoms with Gasteiger partial charge in [-0.3, -0.25) is 10.1 Å². The molecule has 1 fully saturated rings. The Morgan fingerprint density at radius 1 is 1.39 bits per heavy atom. The van der Waals surface area contributed by atoms with Crippen molar-refractivity contribution >= 4 is 21.2 Å². The molecule has 1 aliphatic rings. The molecule has 1 N–H and O–H groups in total. The van der Waals surface area contributed by atoms with Gasteiger partial charge in [0.25, 0.3) is 15.5 Å². The first-order valence-electron chi connectivity index (χ1n) is 6.58. The number of anilines is 1. The van der Waals surface area contributed by atoms with E-state index < -0.39 is 30.9 Å². The number of halogens is 3. The number of nitro benzene ring substituents is 1. The van der Waals surface area contributed by atoms with E-state index >= 15 is 0 Å². The Balaban J connectivity index is 2.29.